The predicted molar refractivity (Wildman–Crippen MR) is 111 cm³/mol. The highest BCUT2D eigenvalue weighted by Gasteiger charge is 2.43. The van der Waals surface area contributed by atoms with Crippen LogP contribution in [0.4, 0.5) is 11.5 Å². The number of fused-ring (bicyclic) bond motifs is 2. The third-order valence-electron chi connectivity index (χ3n) is 5.68. The monoisotopic (exact) mass is 408 g/mol. The minimum Gasteiger partial charge on any atom is -0.507 e. The van der Waals surface area contributed by atoms with Crippen LogP contribution in [0.15, 0.2) is 42.0 Å². The number of nitrogens with two attached hydrogens (primary N) is 1. The van der Waals surface area contributed by atoms with Gasteiger partial charge in [-0.15, -0.1) is 21.5 Å². The molecule has 2 atom stereocenters. The normalized spacial score (nSPS) is 20.8. The summed E-state index contributed by atoms with van der Waals surface area (Å²) in [5, 5.41) is 18.4. The molecule has 2 aromatic heterocycles. The van der Waals surface area contributed by atoms with E-state index in [2.05, 4.69) is 20.1 Å². The maximum Gasteiger partial charge on any atom is 0.266 e. The van der Waals surface area contributed by atoms with Crippen molar-refractivity contribution >= 4 is 28.7 Å². The number of anilines is 2. The summed E-state index contributed by atoms with van der Waals surface area (Å²) in [6.45, 7) is 1.38. The van der Waals surface area contributed by atoms with Crippen molar-refractivity contribution in [2.45, 2.75) is 24.9 Å². The Balaban J connectivity index is 1.43. The van der Waals surface area contributed by atoms with Gasteiger partial charge in [0.25, 0.3) is 5.91 Å². The number of carbonyl (C=O) groups is 1. The number of para-hydroxylation sites is 1. The molecule has 0 aliphatic carbocycles. The predicted octanol–water partition coefficient (Wildman–Crippen LogP) is 2.38. The summed E-state index contributed by atoms with van der Waals surface area (Å²) in [4.78, 5) is 21.8. The topological polar surface area (TPSA) is 108 Å². The summed E-state index contributed by atoms with van der Waals surface area (Å²) < 4.78 is 0. The Morgan fingerprint density at radius 3 is 2.62 bits per heavy atom. The van der Waals surface area contributed by atoms with Crippen molar-refractivity contribution in [3.05, 3.63) is 46.9 Å². The number of aromatic hydroxyl groups is 1. The summed E-state index contributed by atoms with van der Waals surface area (Å²) in [5.74, 6) is 0.568. The minimum atomic E-state index is 0.0652. The Kier molecular flexibility index (Phi) is 4.31. The number of rotatable bonds is 3. The first kappa shape index (κ1) is 17.9. The van der Waals surface area contributed by atoms with Crippen LogP contribution in [0.1, 0.15) is 22.5 Å². The molecule has 3 aromatic rings. The highest BCUT2D eigenvalue weighted by Crippen LogP contribution is 2.37. The Morgan fingerprint density at radius 1 is 1.17 bits per heavy atom. The number of phenols is 1. The summed E-state index contributed by atoms with van der Waals surface area (Å²) in [7, 11) is 0. The summed E-state index contributed by atoms with van der Waals surface area (Å²) in [6, 6.07) is 9.16. The average Bonchev–Trinajstić information content (AvgIpc) is 3.35. The zero-order chi connectivity index (χ0) is 20.0. The molecule has 0 spiro atoms. The number of aromatic nitrogens is 3. The van der Waals surface area contributed by atoms with E-state index in [-0.39, 0.29) is 23.7 Å². The second-order valence-corrected chi connectivity index (χ2v) is 8.27. The largest absolute Gasteiger partial charge is 0.507 e. The smallest absolute Gasteiger partial charge is 0.266 e. The van der Waals surface area contributed by atoms with Gasteiger partial charge < -0.3 is 20.6 Å². The van der Waals surface area contributed by atoms with Crippen molar-refractivity contribution in [1.29, 1.82) is 0 Å². The molecule has 3 N–H and O–H groups in total. The number of benzene rings is 1. The first-order valence-corrected chi connectivity index (χ1v) is 10.4. The van der Waals surface area contributed by atoms with E-state index in [1.54, 1.807) is 29.9 Å². The number of nitrogen functional groups attached to an aromatic ring is 1. The second kappa shape index (κ2) is 7.00. The molecule has 4 heterocycles. The van der Waals surface area contributed by atoms with Gasteiger partial charge in [0, 0.05) is 30.7 Å². The quantitative estimate of drug-likeness (QED) is 0.685. The van der Waals surface area contributed by atoms with E-state index in [9.17, 15) is 9.90 Å². The van der Waals surface area contributed by atoms with Crippen LogP contribution in [-0.4, -0.2) is 56.3 Å². The molecule has 1 aromatic carbocycles. The number of hydrogen-bond acceptors (Lipinski definition) is 8. The van der Waals surface area contributed by atoms with Crippen LogP contribution in [0.25, 0.3) is 11.3 Å². The summed E-state index contributed by atoms with van der Waals surface area (Å²) in [6.07, 6.45) is 3.58. The van der Waals surface area contributed by atoms with Gasteiger partial charge in [0.2, 0.25) is 0 Å². The molecule has 9 heteroatoms. The molecule has 2 unspecified atom stereocenters. The Hall–Kier alpha value is -3.20. The van der Waals surface area contributed by atoms with Gasteiger partial charge in [-0.25, -0.2) is 0 Å². The molecule has 148 valence electrons. The molecule has 2 fully saturated rings. The van der Waals surface area contributed by atoms with Gasteiger partial charge in [0.1, 0.15) is 10.6 Å². The number of phenolic OH excluding ortho intramolecular Hbond substituents is 1. The van der Waals surface area contributed by atoms with E-state index in [0.717, 1.165) is 18.5 Å². The summed E-state index contributed by atoms with van der Waals surface area (Å²) >= 11 is 1.38. The lowest BCUT2D eigenvalue weighted by molar-refractivity contribution is 0.0646. The SMILES string of the molecule is Nc1nnc(-c2ccccc2O)cc1N1CC2CCC(C1)N2C(=O)c1cncs1. The van der Waals surface area contributed by atoms with Crippen molar-refractivity contribution < 1.29 is 9.90 Å². The van der Waals surface area contributed by atoms with Crippen LogP contribution in [0.3, 0.4) is 0 Å². The lowest BCUT2D eigenvalue weighted by Gasteiger charge is -2.42. The standard InChI is InChI=1S/C20H20N6O2S/c21-19-16(7-15(23-24-19)14-3-1-2-4-17(14)27)25-9-12-5-6-13(10-25)26(12)20(28)18-8-22-11-29-18/h1-4,7-8,11-13,27H,5-6,9-10H2,(H2,21,24). The van der Waals surface area contributed by atoms with E-state index >= 15 is 0 Å². The number of amides is 1. The zero-order valence-electron chi connectivity index (χ0n) is 15.6. The number of nitrogens with zero attached hydrogens (tertiary/aromatic N) is 5. The van der Waals surface area contributed by atoms with Gasteiger partial charge in [-0.3, -0.25) is 9.78 Å². The third-order valence-corrected chi connectivity index (χ3v) is 6.44. The Labute approximate surface area is 171 Å². The van der Waals surface area contributed by atoms with Crippen LogP contribution in [0.5, 0.6) is 5.75 Å². The average molecular weight is 408 g/mol. The summed E-state index contributed by atoms with van der Waals surface area (Å²) in [5.41, 5.74) is 9.82. The van der Waals surface area contributed by atoms with Gasteiger partial charge >= 0.3 is 0 Å². The third kappa shape index (κ3) is 3.07. The molecule has 2 saturated heterocycles. The number of thiazole rings is 1. The molecule has 1 amide bonds. The Morgan fingerprint density at radius 2 is 1.93 bits per heavy atom. The van der Waals surface area contributed by atoms with E-state index in [0.29, 0.717) is 35.0 Å². The van der Waals surface area contributed by atoms with Crippen LogP contribution >= 0.6 is 11.3 Å². The van der Waals surface area contributed by atoms with Gasteiger partial charge in [-0.2, -0.15) is 0 Å². The number of carbonyl (C=O) groups excluding carboxylic acids is 1. The van der Waals surface area contributed by atoms with Gasteiger partial charge in [-0.1, -0.05) is 12.1 Å². The van der Waals surface area contributed by atoms with Crippen molar-refractivity contribution in [1.82, 2.24) is 20.1 Å². The fraction of sp³-hybridized carbons (Fsp3) is 0.300. The first-order valence-electron chi connectivity index (χ1n) is 9.49. The van der Waals surface area contributed by atoms with E-state index in [1.165, 1.54) is 11.3 Å². The van der Waals surface area contributed by atoms with Gasteiger partial charge in [-0.05, 0) is 31.0 Å². The van der Waals surface area contributed by atoms with Gasteiger partial charge in [0.05, 0.1) is 23.1 Å². The zero-order valence-corrected chi connectivity index (χ0v) is 16.4. The van der Waals surface area contributed by atoms with Gasteiger partial charge in [0.15, 0.2) is 5.82 Å². The van der Waals surface area contributed by atoms with E-state index in [4.69, 9.17) is 5.73 Å². The van der Waals surface area contributed by atoms with Crippen molar-refractivity contribution in [3.63, 3.8) is 0 Å². The maximum atomic E-state index is 12.9. The number of hydrogen-bond donors (Lipinski definition) is 2. The lowest BCUT2D eigenvalue weighted by Crippen LogP contribution is -2.56. The molecule has 8 nitrogen and oxygen atoms in total. The first-order chi connectivity index (χ1) is 14.1. The molecular weight excluding hydrogens is 388 g/mol. The Bertz CT molecular complexity index is 1040. The molecule has 0 saturated carbocycles. The van der Waals surface area contributed by atoms with Crippen LogP contribution in [0.2, 0.25) is 0 Å². The lowest BCUT2D eigenvalue weighted by atomic mass is 10.1. The molecule has 5 rings (SSSR count). The highest BCUT2D eigenvalue weighted by molar-refractivity contribution is 7.11. The highest BCUT2D eigenvalue weighted by atomic mass is 32.1. The molecule has 0 radical (unpaired) electrons. The van der Waals surface area contributed by atoms with Crippen LogP contribution in [-0.2, 0) is 0 Å². The second-order valence-electron chi connectivity index (χ2n) is 7.39. The van der Waals surface area contributed by atoms with E-state index in [1.807, 2.05) is 17.0 Å². The molecule has 2 aliphatic rings. The molecule has 2 aliphatic heterocycles. The fourth-order valence-corrected chi connectivity index (χ4v) is 4.91. The van der Waals surface area contributed by atoms with Crippen LogP contribution in [0, 0.1) is 0 Å². The van der Waals surface area contributed by atoms with Crippen LogP contribution < -0.4 is 10.6 Å². The van der Waals surface area contributed by atoms with Crippen molar-refractivity contribution in [2.24, 2.45) is 0 Å². The fourth-order valence-electron chi connectivity index (χ4n) is 4.35. The molecule has 2 bridgehead atoms. The van der Waals surface area contributed by atoms with E-state index < -0.39 is 0 Å². The maximum absolute atomic E-state index is 12.9. The number of piperazine rings is 1. The molecular formula is C20H20N6O2S. The molecule has 29 heavy (non-hydrogen) atoms. The minimum absolute atomic E-state index is 0.0652. The van der Waals surface area contributed by atoms with Crippen molar-refractivity contribution in [2.75, 3.05) is 23.7 Å². The van der Waals surface area contributed by atoms with Crippen molar-refractivity contribution in [3.8, 4) is 17.0 Å².